The number of halogens is 4. The first-order valence-electron chi connectivity index (χ1n) is 9.29. The molecule has 0 unspecified atom stereocenters. The van der Waals surface area contributed by atoms with Crippen LogP contribution in [0.5, 0.6) is 0 Å². The van der Waals surface area contributed by atoms with Gasteiger partial charge in [-0.1, -0.05) is 12.1 Å². The molecule has 0 aliphatic heterocycles. The number of carbonyl (C=O) groups is 2. The van der Waals surface area contributed by atoms with E-state index in [1.807, 2.05) is 0 Å². The monoisotopic (exact) mass is 458 g/mol. The highest BCUT2D eigenvalue weighted by atomic mass is 19.4. The fourth-order valence-corrected chi connectivity index (χ4v) is 3.25. The largest absolute Gasteiger partial charge is 0.416 e. The molecule has 0 radical (unpaired) electrons. The molecule has 2 heterocycles. The number of nitrogens with one attached hydrogen (secondary N) is 2. The number of urea groups is 1. The van der Waals surface area contributed by atoms with Gasteiger partial charge in [0.25, 0.3) is 0 Å². The number of nitrogens with two attached hydrogens (primary N) is 1. The lowest BCUT2D eigenvalue weighted by atomic mass is 10.0. The molecule has 4 rings (SSSR count). The predicted octanol–water partition coefficient (Wildman–Crippen LogP) is 4.59. The minimum atomic E-state index is -4.69. The molecule has 2 aromatic heterocycles. The molecule has 0 fully saturated rings. The summed E-state index contributed by atoms with van der Waals surface area (Å²) in [6.07, 6.45) is -1.29. The van der Waals surface area contributed by atoms with Gasteiger partial charge < -0.3 is 16.4 Å². The number of benzene rings is 2. The first kappa shape index (κ1) is 21.7. The number of aromatic nitrogens is 3. The van der Waals surface area contributed by atoms with E-state index < -0.39 is 29.3 Å². The zero-order chi connectivity index (χ0) is 23.8. The molecular formula is C21H14F4N6O2. The lowest BCUT2D eigenvalue weighted by molar-refractivity contribution is -0.137. The second kappa shape index (κ2) is 8.22. The number of rotatable bonds is 4. The third-order valence-electron chi connectivity index (χ3n) is 4.73. The van der Waals surface area contributed by atoms with Gasteiger partial charge in [-0.25, -0.2) is 18.7 Å². The Hall–Kier alpha value is -4.48. The van der Waals surface area contributed by atoms with Crippen molar-refractivity contribution in [2.24, 2.45) is 0 Å². The number of carbonyl (C=O) groups excluding carboxylic acids is 2. The van der Waals surface area contributed by atoms with E-state index in [1.54, 1.807) is 12.1 Å². The Bertz CT molecular complexity index is 1370. The van der Waals surface area contributed by atoms with E-state index in [0.717, 1.165) is 0 Å². The number of fused-ring (bicyclic) bond motifs is 1. The van der Waals surface area contributed by atoms with Gasteiger partial charge in [-0.2, -0.15) is 18.3 Å². The van der Waals surface area contributed by atoms with Crippen LogP contribution in [0, 0.1) is 5.82 Å². The zero-order valence-electron chi connectivity index (χ0n) is 16.5. The molecule has 0 aliphatic carbocycles. The normalized spacial score (nSPS) is 11.4. The summed E-state index contributed by atoms with van der Waals surface area (Å²) in [5.74, 6) is -0.854. The van der Waals surface area contributed by atoms with Gasteiger partial charge in [0.15, 0.2) is 12.1 Å². The maximum Gasteiger partial charge on any atom is 0.416 e. The summed E-state index contributed by atoms with van der Waals surface area (Å²) in [5.41, 5.74) is 6.29. The number of amides is 2. The Morgan fingerprint density at radius 2 is 1.82 bits per heavy atom. The third kappa shape index (κ3) is 4.31. The van der Waals surface area contributed by atoms with Crippen molar-refractivity contribution in [3.05, 3.63) is 71.9 Å². The lowest BCUT2D eigenvalue weighted by Gasteiger charge is -2.12. The highest BCUT2D eigenvalue weighted by Crippen LogP contribution is 2.33. The molecule has 4 aromatic rings. The number of nitrogen functional groups attached to an aromatic ring is 1. The highest BCUT2D eigenvalue weighted by molar-refractivity contribution is 6.01. The molecule has 0 spiro atoms. The van der Waals surface area contributed by atoms with E-state index in [-0.39, 0.29) is 11.5 Å². The second-order valence-corrected chi connectivity index (χ2v) is 6.86. The van der Waals surface area contributed by atoms with Crippen molar-refractivity contribution in [3.8, 4) is 11.1 Å². The molecule has 0 aliphatic rings. The Morgan fingerprint density at radius 1 is 1.09 bits per heavy atom. The lowest BCUT2D eigenvalue weighted by Crippen LogP contribution is -2.20. The van der Waals surface area contributed by atoms with E-state index in [2.05, 4.69) is 20.7 Å². The second-order valence-electron chi connectivity index (χ2n) is 6.86. The van der Waals surface area contributed by atoms with E-state index in [4.69, 9.17) is 5.73 Å². The maximum absolute atomic E-state index is 13.8. The molecule has 2 amide bonds. The average molecular weight is 458 g/mol. The molecule has 2 aromatic carbocycles. The van der Waals surface area contributed by atoms with Gasteiger partial charge >= 0.3 is 12.2 Å². The Labute approximate surface area is 183 Å². The van der Waals surface area contributed by atoms with Crippen LogP contribution in [0.1, 0.15) is 15.9 Å². The van der Waals surface area contributed by atoms with Crippen molar-refractivity contribution in [1.29, 1.82) is 0 Å². The summed E-state index contributed by atoms with van der Waals surface area (Å²) in [6.45, 7) is 0. The topological polar surface area (TPSA) is 114 Å². The number of hydrogen-bond acceptors (Lipinski definition) is 5. The van der Waals surface area contributed by atoms with E-state index in [0.29, 0.717) is 46.7 Å². The van der Waals surface area contributed by atoms with Crippen LogP contribution < -0.4 is 16.4 Å². The first-order valence-corrected chi connectivity index (χ1v) is 9.29. The van der Waals surface area contributed by atoms with Crippen molar-refractivity contribution >= 4 is 35.0 Å². The number of nitrogens with zero attached hydrogens (tertiary/aromatic N) is 3. The standard InChI is InChI=1S/C21H14F4N6O2/c22-15-6-3-13(21(23,24)25)7-16(15)30-20(33)29-14-4-1-11(2-5-14)17-12(9-32)8-31-18(17)19(26)27-10-28-31/h1-10H,(H2,26,27,28)(H2,29,30,33). The summed E-state index contributed by atoms with van der Waals surface area (Å²) in [5, 5.41) is 8.48. The van der Waals surface area contributed by atoms with Crippen molar-refractivity contribution in [3.63, 3.8) is 0 Å². The van der Waals surface area contributed by atoms with Crippen LogP contribution in [0.25, 0.3) is 16.6 Å². The molecule has 168 valence electrons. The first-order chi connectivity index (χ1) is 15.7. The molecule has 0 saturated heterocycles. The summed E-state index contributed by atoms with van der Waals surface area (Å²) in [4.78, 5) is 27.6. The van der Waals surface area contributed by atoms with Crippen LogP contribution in [-0.4, -0.2) is 26.9 Å². The minimum absolute atomic E-state index is 0.165. The van der Waals surface area contributed by atoms with Gasteiger partial charge in [-0.05, 0) is 35.9 Å². The molecule has 8 nitrogen and oxygen atoms in total. The number of aldehydes is 1. The van der Waals surface area contributed by atoms with Crippen molar-refractivity contribution in [2.75, 3.05) is 16.4 Å². The van der Waals surface area contributed by atoms with Crippen molar-refractivity contribution in [2.45, 2.75) is 6.18 Å². The van der Waals surface area contributed by atoms with Crippen LogP contribution >= 0.6 is 0 Å². The van der Waals surface area contributed by atoms with Gasteiger partial charge in [-0.3, -0.25) is 4.79 Å². The van der Waals surface area contributed by atoms with Gasteiger partial charge in [-0.15, -0.1) is 0 Å². The van der Waals surface area contributed by atoms with Crippen molar-refractivity contribution < 1.29 is 27.2 Å². The van der Waals surface area contributed by atoms with Crippen LogP contribution in [0.2, 0.25) is 0 Å². The van der Waals surface area contributed by atoms with Crippen LogP contribution in [-0.2, 0) is 6.18 Å². The Kier molecular flexibility index (Phi) is 5.42. The molecule has 4 N–H and O–H groups in total. The van der Waals surface area contributed by atoms with Crippen LogP contribution in [0.15, 0.2) is 55.0 Å². The summed E-state index contributed by atoms with van der Waals surface area (Å²) in [6, 6.07) is 6.93. The fourth-order valence-electron chi connectivity index (χ4n) is 3.25. The molecule has 33 heavy (non-hydrogen) atoms. The molecule has 0 atom stereocenters. The van der Waals surface area contributed by atoms with Crippen LogP contribution in [0.3, 0.4) is 0 Å². The van der Waals surface area contributed by atoms with Gasteiger partial charge in [0.1, 0.15) is 17.7 Å². The number of alkyl halides is 3. The molecule has 0 saturated carbocycles. The third-order valence-corrected chi connectivity index (χ3v) is 4.73. The zero-order valence-corrected chi connectivity index (χ0v) is 16.5. The Balaban J connectivity index is 1.56. The number of hydrogen-bond donors (Lipinski definition) is 3. The molecule has 0 bridgehead atoms. The van der Waals surface area contributed by atoms with Crippen LogP contribution in [0.4, 0.5) is 39.5 Å². The van der Waals surface area contributed by atoms with Gasteiger partial charge in [0.2, 0.25) is 0 Å². The summed E-state index contributed by atoms with van der Waals surface area (Å²) >= 11 is 0. The van der Waals surface area contributed by atoms with E-state index in [1.165, 1.54) is 29.2 Å². The summed E-state index contributed by atoms with van der Waals surface area (Å²) in [7, 11) is 0. The fraction of sp³-hybridized carbons (Fsp3) is 0.0476. The molecule has 12 heteroatoms. The predicted molar refractivity (Wildman–Crippen MR) is 112 cm³/mol. The van der Waals surface area contributed by atoms with E-state index in [9.17, 15) is 27.2 Å². The smallest absolute Gasteiger partial charge is 0.382 e. The van der Waals surface area contributed by atoms with Gasteiger partial charge in [0, 0.05) is 23.0 Å². The van der Waals surface area contributed by atoms with Crippen molar-refractivity contribution in [1.82, 2.24) is 14.6 Å². The SMILES string of the molecule is Nc1ncnn2cc(C=O)c(-c3ccc(NC(=O)Nc4cc(C(F)(F)F)ccc4F)cc3)c12. The molecular weight excluding hydrogens is 444 g/mol. The quantitative estimate of drug-likeness (QED) is 0.306. The number of anilines is 3. The summed E-state index contributed by atoms with van der Waals surface area (Å²) < 4.78 is 53.7. The minimum Gasteiger partial charge on any atom is -0.382 e. The maximum atomic E-state index is 13.8. The van der Waals surface area contributed by atoms with Gasteiger partial charge in [0.05, 0.1) is 11.3 Å². The van der Waals surface area contributed by atoms with E-state index >= 15 is 0 Å². The Morgan fingerprint density at radius 3 is 2.48 bits per heavy atom. The highest BCUT2D eigenvalue weighted by Gasteiger charge is 2.31. The average Bonchev–Trinajstić information content (AvgIpc) is 3.15.